The Hall–Kier alpha value is -2.01. The van der Waals surface area contributed by atoms with Crippen LogP contribution in [-0.4, -0.2) is 41.6 Å². The number of carbonyl (C=O) groups excluding carboxylic acids is 3. The molecule has 8 heteroatoms. The van der Waals surface area contributed by atoms with Crippen molar-refractivity contribution in [3.63, 3.8) is 0 Å². The van der Waals surface area contributed by atoms with Gasteiger partial charge in [0, 0.05) is 18.1 Å². The molecule has 114 valence electrons. The van der Waals surface area contributed by atoms with E-state index in [4.69, 9.17) is 10.00 Å². The third-order valence-corrected chi connectivity index (χ3v) is 3.99. The van der Waals surface area contributed by atoms with Gasteiger partial charge in [-0.25, -0.2) is 4.79 Å². The van der Waals surface area contributed by atoms with Crippen LogP contribution in [0.15, 0.2) is 12.7 Å². The van der Waals surface area contributed by atoms with Gasteiger partial charge < -0.3 is 15.4 Å². The standard InChI is InChI=1S/C13H17N3O4S/c1-3-6-20-13(19)16-10-9(15-11(10)17)8(2)12(18)21-7-4-5-14/h3,8-10H,1,4,6-7H2,2H3,(H,15,17)(H,16,19)/t8-,9-,10-/m1/s1. The molecular formula is C13H17N3O4S. The van der Waals surface area contributed by atoms with Gasteiger partial charge in [-0.15, -0.1) is 0 Å². The molecule has 0 aromatic heterocycles. The quantitative estimate of drug-likeness (QED) is 0.404. The van der Waals surface area contributed by atoms with Crippen molar-refractivity contribution in [1.82, 2.24) is 10.6 Å². The van der Waals surface area contributed by atoms with E-state index >= 15 is 0 Å². The van der Waals surface area contributed by atoms with Crippen molar-refractivity contribution in [3.05, 3.63) is 12.7 Å². The smallest absolute Gasteiger partial charge is 0.408 e. The maximum atomic E-state index is 11.9. The van der Waals surface area contributed by atoms with Crippen LogP contribution in [-0.2, 0) is 14.3 Å². The molecule has 3 atom stereocenters. The molecule has 2 N–H and O–H groups in total. The zero-order valence-corrected chi connectivity index (χ0v) is 12.4. The molecule has 21 heavy (non-hydrogen) atoms. The summed E-state index contributed by atoms with van der Waals surface area (Å²) in [5, 5.41) is 13.3. The van der Waals surface area contributed by atoms with Gasteiger partial charge in [0.15, 0.2) is 5.12 Å². The number of nitrogens with one attached hydrogen (secondary N) is 2. The molecule has 1 heterocycles. The minimum atomic E-state index is -0.780. The van der Waals surface area contributed by atoms with E-state index in [1.165, 1.54) is 6.08 Å². The monoisotopic (exact) mass is 311 g/mol. The summed E-state index contributed by atoms with van der Waals surface area (Å²) in [7, 11) is 0. The van der Waals surface area contributed by atoms with E-state index in [1.54, 1.807) is 6.92 Å². The summed E-state index contributed by atoms with van der Waals surface area (Å²) >= 11 is 1.05. The lowest BCUT2D eigenvalue weighted by Gasteiger charge is -2.39. The molecule has 2 amide bonds. The van der Waals surface area contributed by atoms with Crippen LogP contribution in [0.5, 0.6) is 0 Å². The van der Waals surface area contributed by atoms with Gasteiger partial charge in [-0.3, -0.25) is 9.59 Å². The Balaban J connectivity index is 2.48. The van der Waals surface area contributed by atoms with E-state index in [-0.39, 0.29) is 24.1 Å². The molecule has 0 aromatic rings. The second-order valence-corrected chi connectivity index (χ2v) is 5.51. The van der Waals surface area contributed by atoms with Crippen molar-refractivity contribution in [1.29, 1.82) is 5.26 Å². The molecule has 0 saturated carbocycles. The van der Waals surface area contributed by atoms with Crippen molar-refractivity contribution < 1.29 is 19.1 Å². The summed E-state index contributed by atoms with van der Waals surface area (Å²) in [6.07, 6.45) is 0.975. The predicted octanol–water partition coefficient (Wildman–Crippen LogP) is 0.575. The van der Waals surface area contributed by atoms with Gasteiger partial charge in [-0.05, 0) is 0 Å². The largest absolute Gasteiger partial charge is 0.445 e. The Morgan fingerprint density at radius 2 is 2.38 bits per heavy atom. The highest BCUT2D eigenvalue weighted by Crippen LogP contribution is 2.22. The first-order valence-corrected chi connectivity index (χ1v) is 7.38. The number of β-lactam (4-membered cyclic amide) rings is 1. The van der Waals surface area contributed by atoms with E-state index in [9.17, 15) is 14.4 Å². The third kappa shape index (κ3) is 4.79. The molecule has 0 bridgehead atoms. The highest BCUT2D eigenvalue weighted by Gasteiger charge is 2.45. The molecule has 1 saturated heterocycles. The average molecular weight is 311 g/mol. The number of rotatable bonds is 7. The first-order chi connectivity index (χ1) is 10.0. The number of nitrogens with zero attached hydrogens (tertiary/aromatic N) is 1. The van der Waals surface area contributed by atoms with Crippen molar-refractivity contribution in [2.75, 3.05) is 12.4 Å². The third-order valence-electron chi connectivity index (χ3n) is 2.92. The second kappa shape index (κ2) is 8.32. The maximum absolute atomic E-state index is 11.9. The summed E-state index contributed by atoms with van der Waals surface area (Å²) in [5.41, 5.74) is 0. The normalized spacial score (nSPS) is 21.2. The van der Waals surface area contributed by atoms with Crippen molar-refractivity contribution >= 4 is 28.9 Å². The van der Waals surface area contributed by atoms with Gasteiger partial charge in [0.25, 0.3) is 0 Å². The summed E-state index contributed by atoms with van der Waals surface area (Å²) in [5.74, 6) is -0.395. The Labute approximate surface area is 127 Å². The predicted molar refractivity (Wildman–Crippen MR) is 77.3 cm³/mol. The molecule has 1 rings (SSSR count). The van der Waals surface area contributed by atoms with E-state index in [1.807, 2.05) is 6.07 Å². The van der Waals surface area contributed by atoms with Gasteiger partial charge in [-0.2, -0.15) is 5.26 Å². The molecule has 1 aliphatic heterocycles. The van der Waals surface area contributed by atoms with Crippen molar-refractivity contribution in [3.8, 4) is 6.07 Å². The van der Waals surface area contributed by atoms with Gasteiger partial charge in [0.2, 0.25) is 5.91 Å². The summed E-state index contributed by atoms with van der Waals surface area (Å²) < 4.78 is 4.74. The topological polar surface area (TPSA) is 108 Å². The highest BCUT2D eigenvalue weighted by atomic mass is 32.2. The van der Waals surface area contributed by atoms with E-state index < -0.39 is 24.1 Å². The van der Waals surface area contributed by atoms with Crippen molar-refractivity contribution in [2.45, 2.75) is 25.4 Å². The Kier molecular flexibility index (Phi) is 6.75. The lowest BCUT2D eigenvalue weighted by Crippen LogP contribution is -2.71. The zero-order valence-electron chi connectivity index (χ0n) is 11.6. The number of alkyl carbamates (subject to hydrolysis) is 1. The Morgan fingerprint density at radius 1 is 1.67 bits per heavy atom. The summed E-state index contributed by atoms with van der Waals surface area (Å²) in [6.45, 7) is 5.13. The molecule has 0 aliphatic carbocycles. The first kappa shape index (κ1) is 17.0. The molecule has 0 unspecified atom stereocenters. The van der Waals surface area contributed by atoms with Crippen LogP contribution in [0, 0.1) is 17.2 Å². The van der Waals surface area contributed by atoms with Crippen LogP contribution in [0.1, 0.15) is 13.3 Å². The average Bonchev–Trinajstić information content (AvgIpc) is 2.47. The molecule has 7 nitrogen and oxygen atoms in total. The number of carbonyl (C=O) groups is 3. The number of nitriles is 1. The fraction of sp³-hybridized carbons (Fsp3) is 0.538. The number of hydrogen-bond donors (Lipinski definition) is 2. The van der Waals surface area contributed by atoms with Crippen LogP contribution in [0.3, 0.4) is 0 Å². The number of thioether (sulfide) groups is 1. The van der Waals surface area contributed by atoms with Crippen LogP contribution in [0.4, 0.5) is 4.79 Å². The summed E-state index contributed by atoms with van der Waals surface area (Å²) in [6, 6.07) is 0.714. The van der Waals surface area contributed by atoms with Crippen LogP contribution >= 0.6 is 11.8 Å². The molecule has 0 aromatic carbocycles. The van der Waals surface area contributed by atoms with Gasteiger partial charge >= 0.3 is 6.09 Å². The fourth-order valence-electron chi connectivity index (χ4n) is 1.75. The van der Waals surface area contributed by atoms with Crippen LogP contribution in [0.25, 0.3) is 0 Å². The molecule has 1 aliphatic rings. The highest BCUT2D eigenvalue weighted by molar-refractivity contribution is 8.13. The van der Waals surface area contributed by atoms with Gasteiger partial charge in [0.1, 0.15) is 12.6 Å². The number of amides is 2. The van der Waals surface area contributed by atoms with E-state index in [0.717, 1.165) is 11.8 Å². The SMILES string of the molecule is C=CCOC(=O)N[C@H]1C(=O)N[C@@H]1[C@@H](C)C(=O)SCCC#N. The van der Waals surface area contributed by atoms with Gasteiger partial charge in [-0.1, -0.05) is 31.3 Å². The number of hydrogen-bond acceptors (Lipinski definition) is 6. The Bertz CT molecular complexity index is 475. The molecule has 0 spiro atoms. The van der Waals surface area contributed by atoms with E-state index in [2.05, 4.69) is 17.2 Å². The fourth-order valence-corrected chi connectivity index (χ4v) is 2.56. The molecular weight excluding hydrogens is 294 g/mol. The molecule has 1 fully saturated rings. The number of ether oxygens (including phenoxy) is 1. The van der Waals surface area contributed by atoms with Crippen LogP contribution in [0.2, 0.25) is 0 Å². The van der Waals surface area contributed by atoms with Crippen molar-refractivity contribution in [2.24, 2.45) is 5.92 Å². The minimum Gasteiger partial charge on any atom is -0.445 e. The van der Waals surface area contributed by atoms with Crippen LogP contribution < -0.4 is 10.6 Å². The lowest BCUT2D eigenvalue weighted by molar-refractivity contribution is -0.134. The maximum Gasteiger partial charge on any atom is 0.408 e. The first-order valence-electron chi connectivity index (χ1n) is 6.39. The van der Waals surface area contributed by atoms with E-state index in [0.29, 0.717) is 5.75 Å². The summed E-state index contributed by atoms with van der Waals surface area (Å²) in [4.78, 5) is 34.8. The molecule has 0 radical (unpaired) electrons. The minimum absolute atomic E-state index is 0.0450. The second-order valence-electron chi connectivity index (χ2n) is 4.41. The zero-order chi connectivity index (χ0) is 15.8. The Morgan fingerprint density at radius 3 is 2.95 bits per heavy atom. The lowest BCUT2D eigenvalue weighted by atomic mass is 9.88. The van der Waals surface area contributed by atoms with Gasteiger partial charge in [0.05, 0.1) is 12.1 Å².